The summed E-state index contributed by atoms with van der Waals surface area (Å²) in [6.07, 6.45) is -4.48. The normalized spacial score (nSPS) is 17.0. The molecule has 3 rings (SSSR count). The number of hydrogen-bond donors (Lipinski definition) is 0. The highest BCUT2D eigenvalue weighted by molar-refractivity contribution is 7.89. The van der Waals surface area contributed by atoms with Gasteiger partial charge in [-0.3, -0.25) is 4.79 Å². The molecule has 1 aliphatic heterocycles. The van der Waals surface area contributed by atoms with E-state index in [0.29, 0.717) is 0 Å². The highest BCUT2D eigenvalue weighted by Crippen LogP contribution is 2.35. The number of benzene rings is 2. The van der Waals surface area contributed by atoms with E-state index in [-0.39, 0.29) is 44.4 Å². The average molecular weight is 440 g/mol. The fraction of sp³-hybridized carbons (Fsp3) is 0.381. The van der Waals surface area contributed by atoms with Gasteiger partial charge < -0.3 is 4.90 Å². The SMILES string of the molecule is C[C@H](CC(=O)N1CCN(S(=O)(=O)c2ccccc2C(F)(F)F)CC1)c1ccccc1. The Labute approximate surface area is 174 Å². The molecule has 5 nitrogen and oxygen atoms in total. The van der Waals surface area contributed by atoms with Crippen LogP contribution in [0.15, 0.2) is 59.5 Å². The summed E-state index contributed by atoms with van der Waals surface area (Å²) < 4.78 is 66.4. The molecule has 0 aliphatic carbocycles. The second kappa shape index (κ2) is 8.77. The molecule has 2 aromatic carbocycles. The molecule has 0 aromatic heterocycles. The van der Waals surface area contributed by atoms with Crippen LogP contribution in [0.25, 0.3) is 0 Å². The van der Waals surface area contributed by atoms with Crippen molar-refractivity contribution in [3.63, 3.8) is 0 Å². The Balaban J connectivity index is 1.66. The van der Waals surface area contributed by atoms with Crippen LogP contribution < -0.4 is 0 Å². The van der Waals surface area contributed by atoms with E-state index < -0.39 is 26.7 Å². The topological polar surface area (TPSA) is 57.7 Å². The number of nitrogens with zero attached hydrogens (tertiary/aromatic N) is 2. The van der Waals surface area contributed by atoms with Crippen LogP contribution >= 0.6 is 0 Å². The van der Waals surface area contributed by atoms with E-state index in [1.54, 1.807) is 4.90 Å². The van der Waals surface area contributed by atoms with E-state index in [2.05, 4.69) is 0 Å². The summed E-state index contributed by atoms with van der Waals surface area (Å²) in [7, 11) is -4.32. The van der Waals surface area contributed by atoms with E-state index >= 15 is 0 Å². The summed E-state index contributed by atoms with van der Waals surface area (Å²) in [4.78, 5) is 13.4. The van der Waals surface area contributed by atoms with Crippen molar-refractivity contribution in [2.45, 2.75) is 30.3 Å². The van der Waals surface area contributed by atoms with Crippen LogP contribution in [-0.2, 0) is 21.0 Å². The predicted molar refractivity (Wildman–Crippen MR) is 106 cm³/mol. The first kappa shape index (κ1) is 22.3. The van der Waals surface area contributed by atoms with E-state index in [1.165, 1.54) is 6.07 Å². The fourth-order valence-electron chi connectivity index (χ4n) is 3.53. The quantitative estimate of drug-likeness (QED) is 0.712. The van der Waals surface area contributed by atoms with Gasteiger partial charge in [0.2, 0.25) is 15.9 Å². The molecule has 1 aliphatic rings. The molecule has 1 atom stereocenters. The molecule has 1 saturated heterocycles. The summed E-state index contributed by atoms with van der Waals surface area (Å²) in [6, 6.07) is 13.8. The minimum Gasteiger partial charge on any atom is -0.340 e. The van der Waals surface area contributed by atoms with Gasteiger partial charge in [0.25, 0.3) is 0 Å². The van der Waals surface area contributed by atoms with Crippen molar-refractivity contribution in [2.24, 2.45) is 0 Å². The van der Waals surface area contributed by atoms with Crippen LogP contribution in [0.2, 0.25) is 0 Å². The zero-order chi connectivity index (χ0) is 21.9. The summed E-state index contributed by atoms with van der Waals surface area (Å²) in [5.74, 6) is -0.0850. The molecule has 162 valence electrons. The third kappa shape index (κ3) is 4.84. The van der Waals surface area contributed by atoms with E-state index in [9.17, 15) is 26.4 Å². The van der Waals surface area contributed by atoms with Gasteiger partial charge in [0.15, 0.2) is 0 Å². The molecular formula is C21H23F3N2O3S. The molecule has 0 saturated carbocycles. The predicted octanol–water partition coefficient (Wildman–Crippen LogP) is 3.73. The molecule has 0 N–H and O–H groups in total. The van der Waals surface area contributed by atoms with Gasteiger partial charge in [0.05, 0.1) is 10.5 Å². The van der Waals surface area contributed by atoms with E-state index in [1.807, 2.05) is 37.3 Å². The van der Waals surface area contributed by atoms with Gasteiger partial charge >= 0.3 is 6.18 Å². The fourth-order valence-corrected chi connectivity index (χ4v) is 5.17. The first-order valence-corrected chi connectivity index (χ1v) is 11.0. The molecule has 9 heteroatoms. The third-order valence-corrected chi connectivity index (χ3v) is 7.21. The molecular weight excluding hydrogens is 417 g/mol. The molecule has 0 unspecified atom stereocenters. The molecule has 0 radical (unpaired) electrons. The Bertz CT molecular complexity index is 986. The first-order chi connectivity index (χ1) is 14.1. The van der Waals surface area contributed by atoms with Gasteiger partial charge in [-0.1, -0.05) is 49.4 Å². The zero-order valence-corrected chi connectivity index (χ0v) is 17.3. The minimum absolute atomic E-state index is 0.0131. The second-order valence-electron chi connectivity index (χ2n) is 7.29. The monoisotopic (exact) mass is 440 g/mol. The standard InChI is InChI=1S/C21H23F3N2O3S/c1-16(17-7-3-2-4-8-17)15-20(27)25-11-13-26(14-12-25)30(28,29)19-10-6-5-9-18(19)21(22,23)24/h2-10,16H,11-15H2,1H3/t16-/m1/s1. The van der Waals surface area contributed by atoms with Crippen molar-refractivity contribution in [2.75, 3.05) is 26.2 Å². The van der Waals surface area contributed by atoms with Crippen molar-refractivity contribution in [1.29, 1.82) is 0 Å². The zero-order valence-electron chi connectivity index (χ0n) is 16.5. The van der Waals surface area contributed by atoms with Crippen LogP contribution in [0.3, 0.4) is 0 Å². The highest BCUT2D eigenvalue weighted by Gasteiger charge is 2.39. The molecule has 0 bridgehead atoms. The maximum atomic E-state index is 13.2. The number of hydrogen-bond acceptors (Lipinski definition) is 3. The van der Waals surface area contributed by atoms with Crippen molar-refractivity contribution < 1.29 is 26.4 Å². The van der Waals surface area contributed by atoms with Gasteiger partial charge in [-0.05, 0) is 23.6 Å². The smallest absolute Gasteiger partial charge is 0.340 e. The summed E-state index contributed by atoms with van der Waals surface area (Å²) in [6.45, 7) is 2.16. The summed E-state index contributed by atoms with van der Waals surface area (Å²) in [5.41, 5.74) is -0.143. The van der Waals surface area contributed by atoms with Crippen molar-refractivity contribution in [3.05, 3.63) is 65.7 Å². The Hall–Kier alpha value is -2.39. The Morgan fingerprint density at radius 2 is 1.53 bits per heavy atom. The largest absolute Gasteiger partial charge is 0.417 e. The molecule has 1 heterocycles. The number of piperazine rings is 1. The highest BCUT2D eigenvalue weighted by atomic mass is 32.2. The van der Waals surface area contributed by atoms with Gasteiger partial charge in [-0.25, -0.2) is 8.42 Å². The van der Waals surface area contributed by atoms with Crippen molar-refractivity contribution in [3.8, 4) is 0 Å². The average Bonchev–Trinajstić information content (AvgIpc) is 2.74. The Morgan fingerprint density at radius 1 is 0.967 bits per heavy atom. The lowest BCUT2D eigenvalue weighted by Crippen LogP contribution is -2.50. The molecule has 2 aromatic rings. The number of halogens is 3. The lowest BCUT2D eigenvalue weighted by Gasteiger charge is -2.35. The second-order valence-corrected chi connectivity index (χ2v) is 9.20. The summed E-state index contributed by atoms with van der Waals surface area (Å²) in [5, 5.41) is 0. The molecule has 30 heavy (non-hydrogen) atoms. The molecule has 1 fully saturated rings. The maximum absolute atomic E-state index is 13.2. The van der Waals surface area contributed by atoms with Crippen LogP contribution in [0, 0.1) is 0 Å². The van der Waals surface area contributed by atoms with Gasteiger partial charge in [0.1, 0.15) is 0 Å². The first-order valence-electron chi connectivity index (χ1n) is 9.60. The van der Waals surface area contributed by atoms with Gasteiger partial charge in [-0.2, -0.15) is 17.5 Å². The third-order valence-electron chi connectivity index (χ3n) is 5.25. The van der Waals surface area contributed by atoms with E-state index in [4.69, 9.17) is 0 Å². The molecule has 1 amide bonds. The Morgan fingerprint density at radius 3 is 2.13 bits per heavy atom. The number of carbonyl (C=O) groups is 1. The number of rotatable bonds is 5. The minimum atomic E-state index is -4.77. The van der Waals surface area contributed by atoms with Crippen LogP contribution in [-0.4, -0.2) is 49.7 Å². The van der Waals surface area contributed by atoms with Crippen LogP contribution in [0.5, 0.6) is 0 Å². The van der Waals surface area contributed by atoms with Gasteiger partial charge in [0, 0.05) is 32.6 Å². The van der Waals surface area contributed by atoms with Crippen LogP contribution in [0.4, 0.5) is 13.2 Å². The van der Waals surface area contributed by atoms with Crippen molar-refractivity contribution >= 4 is 15.9 Å². The lowest BCUT2D eigenvalue weighted by molar-refractivity contribution is -0.139. The number of sulfonamides is 1. The number of carbonyl (C=O) groups excluding carboxylic acids is 1. The van der Waals surface area contributed by atoms with Gasteiger partial charge in [-0.15, -0.1) is 0 Å². The van der Waals surface area contributed by atoms with Crippen LogP contribution in [0.1, 0.15) is 30.4 Å². The van der Waals surface area contributed by atoms with Crippen molar-refractivity contribution in [1.82, 2.24) is 9.21 Å². The maximum Gasteiger partial charge on any atom is 0.417 e. The summed E-state index contributed by atoms with van der Waals surface area (Å²) >= 11 is 0. The number of alkyl halides is 3. The molecule has 0 spiro atoms. The van der Waals surface area contributed by atoms with E-state index in [0.717, 1.165) is 28.1 Å². The lowest BCUT2D eigenvalue weighted by atomic mass is 9.97. The Kier molecular flexibility index (Phi) is 6.52. The number of amides is 1.